The maximum absolute atomic E-state index is 3.79. The van der Waals surface area contributed by atoms with Crippen LogP contribution in [0.3, 0.4) is 0 Å². The number of hydrogen-bond donors (Lipinski definition) is 1. The Balaban J connectivity index is 1.98. The number of benzene rings is 1. The molecule has 0 amide bonds. The van der Waals surface area contributed by atoms with E-state index in [1.54, 1.807) is 0 Å². The van der Waals surface area contributed by atoms with E-state index in [9.17, 15) is 0 Å². The van der Waals surface area contributed by atoms with Crippen LogP contribution in [0.4, 0.5) is 5.69 Å². The Morgan fingerprint density at radius 2 is 2.00 bits per heavy atom. The zero-order valence-electron chi connectivity index (χ0n) is 13.2. The lowest BCUT2D eigenvalue weighted by molar-refractivity contribution is 0.300. The predicted molar refractivity (Wildman–Crippen MR) is 87.2 cm³/mol. The van der Waals surface area contributed by atoms with Crippen molar-refractivity contribution in [2.24, 2.45) is 0 Å². The summed E-state index contributed by atoms with van der Waals surface area (Å²) in [6.45, 7) is 6.93. The Morgan fingerprint density at radius 3 is 2.75 bits per heavy atom. The summed E-state index contributed by atoms with van der Waals surface area (Å²) in [4.78, 5) is 4.79. The topological polar surface area (TPSA) is 18.5 Å². The monoisotopic (exact) mass is 275 g/mol. The van der Waals surface area contributed by atoms with E-state index >= 15 is 0 Å². The molecule has 112 valence electrons. The highest BCUT2D eigenvalue weighted by molar-refractivity contribution is 5.51. The molecule has 1 unspecified atom stereocenters. The van der Waals surface area contributed by atoms with Gasteiger partial charge in [-0.3, -0.25) is 0 Å². The molecule has 1 fully saturated rings. The number of anilines is 1. The second kappa shape index (κ2) is 7.65. The summed E-state index contributed by atoms with van der Waals surface area (Å²) in [5.41, 5.74) is 2.71. The summed E-state index contributed by atoms with van der Waals surface area (Å²) in [5, 5.41) is 3.79. The number of rotatable bonds is 5. The number of para-hydroxylation sites is 1. The first-order valence-electron chi connectivity index (χ1n) is 7.90. The van der Waals surface area contributed by atoms with E-state index in [-0.39, 0.29) is 0 Å². The highest BCUT2D eigenvalue weighted by atomic mass is 15.1. The second-order valence-electron chi connectivity index (χ2n) is 6.10. The van der Waals surface area contributed by atoms with Crippen LogP contribution in [0.1, 0.15) is 31.7 Å². The zero-order chi connectivity index (χ0) is 14.4. The Morgan fingerprint density at radius 1 is 1.20 bits per heavy atom. The fraction of sp³-hybridized carbons (Fsp3) is 0.647. The molecule has 20 heavy (non-hydrogen) atoms. The molecule has 1 aliphatic heterocycles. The van der Waals surface area contributed by atoms with Crippen molar-refractivity contribution in [3.63, 3.8) is 0 Å². The van der Waals surface area contributed by atoms with Crippen LogP contribution >= 0.6 is 0 Å². The van der Waals surface area contributed by atoms with Gasteiger partial charge in [0, 0.05) is 24.8 Å². The van der Waals surface area contributed by atoms with Crippen molar-refractivity contribution in [1.29, 1.82) is 0 Å². The summed E-state index contributed by atoms with van der Waals surface area (Å²) in [6.07, 6.45) is 3.85. The lowest BCUT2D eigenvalue weighted by atomic mass is 10.1. The van der Waals surface area contributed by atoms with Crippen LogP contribution in [0.15, 0.2) is 24.3 Å². The van der Waals surface area contributed by atoms with Crippen LogP contribution in [0.2, 0.25) is 0 Å². The average molecular weight is 275 g/mol. The molecule has 0 saturated carbocycles. The van der Waals surface area contributed by atoms with Crippen LogP contribution in [0.5, 0.6) is 0 Å². The number of nitrogens with one attached hydrogen (secondary N) is 1. The van der Waals surface area contributed by atoms with Gasteiger partial charge in [-0.15, -0.1) is 0 Å². The molecule has 3 heteroatoms. The van der Waals surface area contributed by atoms with Gasteiger partial charge in [0.25, 0.3) is 0 Å². The maximum Gasteiger partial charge on any atom is 0.0388 e. The smallest absolute Gasteiger partial charge is 0.0388 e. The van der Waals surface area contributed by atoms with E-state index in [0.29, 0.717) is 6.04 Å². The minimum absolute atomic E-state index is 0.620. The quantitative estimate of drug-likeness (QED) is 0.891. The number of likely N-dealkylation sites (tertiary alicyclic amines) is 1. The van der Waals surface area contributed by atoms with Gasteiger partial charge >= 0.3 is 0 Å². The SMILES string of the molecule is CCN1CCCC(Nc2ccccc2CN(C)C)CC1. The molecule has 1 aromatic carbocycles. The molecular weight excluding hydrogens is 246 g/mol. The Labute approximate surface area is 124 Å². The molecule has 1 atom stereocenters. The predicted octanol–water partition coefficient (Wildman–Crippen LogP) is 3.03. The van der Waals surface area contributed by atoms with Crippen LogP contribution in [0.25, 0.3) is 0 Å². The van der Waals surface area contributed by atoms with Gasteiger partial charge in [-0.05, 0) is 58.1 Å². The van der Waals surface area contributed by atoms with Crippen LogP contribution in [-0.4, -0.2) is 49.6 Å². The van der Waals surface area contributed by atoms with E-state index in [1.165, 1.54) is 50.1 Å². The van der Waals surface area contributed by atoms with Crippen molar-refractivity contribution < 1.29 is 0 Å². The van der Waals surface area contributed by atoms with E-state index in [4.69, 9.17) is 0 Å². The molecule has 1 N–H and O–H groups in total. The molecule has 0 aliphatic carbocycles. The van der Waals surface area contributed by atoms with Gasteiger partial charge < -0.3 is 15.1 Å². The van der Waals surface area contributed by atoms with Gasteiger partial charge in [-0.2, -0.15) is 0 Å². The Bertz CT molecular complexity index is 403. The summed E-state index contributed by atoms with van der Waals surface area (Å²) >= 11 is 0. The van der Waals surface area contributed by atoms with Gasteiger partial charge in [0.1, 0.15) is 0 Å². The van der Waals surface area contributed by atoms with Crippen molar-refractivity contribution in [3.05, 3.63) is 29.8 Å². The van der Waals surface area contributed by atoms with Crippen LogP contribution in [0, 0.1) is 0 Å². The molecule has 1 heterocycles. The molecule has 0 radical (unpaired) electrons. The largest absolute Gasteiger partial charge is 0.382 e. The van der Waals surface area contributed by atoms with Crippen molar-refractivity contribution in [2.75, 3.05) is 39.0 Å². The van der Waals surface area contributed by atoms with Gasteiger partial charge in [0.05, 0.1) is 0 Å². The lowest BCUT2D eigenvalue weighted by Crippen LogP contribution is -2.26. The van der Waals surface area contributed by atoms with Crippen molar-refractivity contribution >= 4 is 5.69 Å². The van der Waals surface area contributed by atoms with Gasteiger partial charge in [-0.25, -0.2) is 0 Å². The molecule has 1 saturated heterocycles. The third-order valence-electron chi connectivity index (χ3n) is 4.13. The Hall–Kier alpha value is -1.06. The molecule has 0 bridgehead atoms. The minimum atomic E-state index is 0.620. The molecule has 0 aromatic heterocycles. The first-order valence-corrected chi connectivity index (χ1v) is 7.90. The highest BCUT2D eigenvalue weighted by Crippen LogP contribution is 2.21. The van der Waals surface area contributed by atoms with Crippen LogP contribution in [-0.2, 0) is 6.54 Å². The molecular formula is C17H29N3. The van der Waals surface area contributed by atoms with Crippen LogP contribution < -0.4 is 5.32 Å². The zero-order valence-corrected chi connectivity index (χ0v) is 13.2. The van der Waals surface area contributed by atoms with Crippen molar-refractivity contribution in [1.82, 2.24) is 9.80 Å². The molecule has 1 aromatic rings. The average Bonchev–Trinajstić information content (AvgIpc) is 2.65. The summed E-state index contributed by atoms with van der Waals surface area (Å²) in [5.74, 6) is 0. The number of hydrogen-bond acceptors (Lipinski definition) is 3. The highest BCUT2D eigenvalue weighted by Gasteiger charge is 2.16. The standard InChI is InChI=1S/C17H29N3/c1-4-20-12-7-9-16(11-13-20)18-17-10-6-5-8-15(17)14-19(2)3/h5-6,8,10,16,18H,4,7,9,11-14H2,1-3H3. The fourth-order valence-corrected chi connectivity index (χ4v) is 2.98. The van der Waals surface area contributed by atoms with Gasteiger partial charge in [0.15, 0.2) is 0 Å². The molecule has 3 nitrogen and oxygen atoms in total. The van der Waals surface area contributed by atoms with E-state index in [1.807, 2.05) is 0 Å². The summed E-state index contributed by atoms with van der Waals surface area (Å²) < 4.78 is 0. The first-order chi connectivity index (χ1) is 9.69. The van der Waals surface area contributed by atoms with E-state index in [2.05, 4.69) is 60.4 Å². The van der Waals surface area contributed by atoms with Crippen molar-refractivity contribution in [2.45, 2.75) is 38.8 Å². The minimum Gasteiger partial charge on any atom is -0.382 e. The fourth-order valence-electron chi connectivity index (χ4n) is 2.98. The number of nitrogens with zero attached hydrogens (tertiary/aromatic N) is 2. The van der Waals surface area contributed by atoms with Gasteiger partial charge in [0.2, 0.25) is 0 Å². The second-order valence-corrected chi connectivity index (χ2v) is 6.10. The van der Waals surface area contributed by atoms with Crippen molar-refractivity contribution in [3.8, 4) is 0 Å². The third kappa shape index (κ3) is 4.50. The maximum atomic E-state index is 3.79. The first kappa shape index (κ1) is 15.3. The summed E-state index contributed by atoms with van der Waals surface area (Å²) in [7, 11) is 4.25. The molecule has 2 rings (SSSR count). The molecule has 1 aliphatic rings. The molecule has 0 spiro atoms. The van der Waals surface area contributed by atoms with E-state index in [0.717, 1.165) is 6.54 Å². The lowest BCUT2D eigenvalue weighted by Gasteiger charge is -2.22. The van der Waals surface area contributed by atoms with Gasteiger partial charge in [-0.1, -0.05) is 25.1 Å². The normalized spacial score (nSPS) is 20.9. The summed E-state index contributed by atoms with van der Waals surface area (Å²) in [6, 6.07) is 9.35. The third-order valence-corrected chi connectivity index (χ3v) is 4.13. The Kier molecular flexibility index (Phi) is 5.86. The van der Waals surface area contributed by atoms with E-state index < -0.39 is 0 Å².